The number of hydrogen-bond donors (Lipinski definition) is 0. The largest absolute Gasteiger partial charge is 0.257 e. The number of pyridine rings is 1. The topological polar surface area (TPSA) is 29.7 Å². The Kier molecular flexibility index (Phi) is 2.86. The van der Waals surface area contributed by atoms with Crippen LogP contribution < -0.4 is 4.57 Å². The quantitative estimate of drug-likeness (QED) is 0.500. The Hall–Kier alpha value is -2.81. The minimum Gasteiger partial charge on any atom is -0.257 e. The van der Waals surface area contributed by atoms with Crippen molar-refractivity contribution >= 4 is 21.8 Å². The van der Waals surface area contributed by atoms with Gasteiger partial charge in [-0.1, -0.05) is 23.8 Å². The zero-order valence-electron chi connectivity index (χ0n) is 12.6. The second-order valence-electron chi connectivity index (χ2n) is 5.67. The standard InChI is InChI=1S/C19H16N3/c1-13-3-5-15-11-20-12-19(16(15)9-13)22-8-7-21-17-10-14(2)4-6-18(17)22/h3-12H,1-2H3/q+1. The molecule has 106 valence electrons. The Morgan fingerprint density at radius 2 is 1.73 bits per heavy atom. The first kappa shape index (κ1) is 12.9. The molecule has 0 bridgehead atoms. The van der Waals surface area contributed by atoms with Gasteiger partial charge in [0.15, 0.2) is 6.20 Å². The van der Waals surface area contributed by atoms with Gasteiger partial charge in [-0.05, 0) is 31.5 Å². The van der Waals surface area contributed by atoms with Gasteiger partial charge in [0.1, 0.15) is 5.52 Å². The van der Waals surface area contributed by atoms with Gasteiger partial charge >= 0.3 is 0 Å². The lowest BCUT2D eigenvalue weighted by molar-refractivity contribution is -0.566. The van der Waals surface area contributed by atoms with Crippen LogP contribution in [0.3, 0.4) is 0 Å². The Bertz CT molecular complexity index is 1010. The van der Waals surface area contributed by atoms with Crippen molar-refractivity contribution in [1.29, 1.82) is 0 Å². The van der Waals surface area contributed by atoms with Crippen LogP contribution in [0.5, 0.6) is 0 Å². The van der Waals surface area contributed by atoms with Gasteiger partial charge in [-0.15, -0.1) is 0 Å². The third-order valence-corrected chi connectivity index (χ3v) is 3.97. The first-order valence-corrected chi connectivity index (χ1v) is 7.34. The Labute approximate surface area is 128 Å². The fourth-order valence-corrected chi connectivity index (χ4v) is 2.87. The predicted molar refractivity (Wildman–Crippen MR) is 88.1 cm³/mol. The molecule has 0 atom stereocenters. The lowest BCUT2D eigenvalue weighted by Crippen LogP contribution is -2.31. The summed E-state index contributed by atoms with van der Waals surface area (Å²) >= 11 is 0. The molecular weight excluding hydrogens is 270 g/mol. The molecule has 4 aromatic rings. The van der Waals surface area contributed by atoms with E-state index in [1.54, 1.807) is 0 Å². The molecule has 2 aromatic heterocycles. The van der Waals surface area contributed by atoms with Crippen molar-refractivity contribution in [2.24, 2.45) is 0 Å². The van der Waals surface area contributed by atoms with E-state index < -0.39 is 0 Å². The van der Waals surface area contributed by atoms with Crippen LogP contribution in [0.15, 0.2) is 61.2 Å². The van der Waals surface area contributed by atoms with Crippen molar-refractivity contribution in [3.8, 4) is 5.69 Å². The summed E-state index contributed by atoms with van der Waals surface area (Å²) in [5.74, 6) is 0. The smallest absolute Gasteiger partial charge is 0.237 e. The lowest BCUT2D eigenvalue weighted by atomic mass is 10.1. The predicted octanol–water partition coefficient (Wildman–Crippen LogP) is 3.68. The summed E-state index contributed by atoms with van der Waals surface area (Å²) in [6.45, 7) is 4.20. The molecule has 22 heavy (non-hydrogen) atoms. The monoisotopic (exact) mass is 286 g/mol. The zero-order chi connectivity index (χ0) is 15.1. The highest BCUT2D eigenvalue weighted by molar-refractivity contribution is 5.88. The van der Waals surface area contributed by atoms with E-state index in [-0.39, 0.29) is 0 Å². The van der Waals surface area contributed by atoms with E-state index in [1.807, 2.05) is 24.8 Å². The lowest BCUT2D eigenvalue weighted by Gasteiger charge is -2.05. The minimum atomic E-state index is 0.993. The van der Waals surface area contributed by atoms with Gasteiger partial charge in [0.25, 0.3) is 0 Å². The molecule has 0 spiro atoms. The van der Waals surface area contributed by atoms with Gasteiger partial charge in [0.05, 0.1) is 17.8 Å². The van der Waals surface area contributed by atoms with Crippen LogP contribution in [0.1, 0.15) is 11.1 Å². The van der Waals surface area contributed by atoms with Gasteiger partial charge in [-0.3, -0.25) is 4.98 Å². The molecule has 2 heterocycles. The number of nitrogens with zero attached hydrogens (tertiary/aromatic N) is 3. The summed E-state index contributed by atoms with van der Waals surface area (Å²) in [5.41, 5.74) is 5.62. The van der Waals surface area contributed by atoms with Gasteiger partial charge in [0, 0.05) is 17.6 Å². The fraction of sp³-hybridized carbons (Fsp3) is 0.105. The highest BCUT2D eigenvalue weighted by Crippen LogP contribution is 2.20. The molecule has 3 nitrogen and oxygen atoms in total. The molecule has 0 aliphatic heterocycles. The third kappa shape index (κ3) is 2.02. The zero-order valence-corrected chi connectivity index (χ0v) is 12.6. The molecule has 0 amide bonds. The van der Waals surface area contributed by atoms with E-state index in [4.69, 9.17) is 0 Å². The summed E-state index contributed by atoms with van der Waals surface area (Å²) < 4.78 is 2.16. The third-order valence-electron chi connectivity index (χ3n) is 3.97. The first-order chi connectivity index (χ1) is 10.7. The van der Waals surface area contributed by atoms with Crippen LogP contribution in [-0.2, 0) is 0 Å². The molecule has 0 fully saturated rings. The van der Waals surface area contributed by atoms with Crippen molar-refractivity contribution in [2.45, 2.75) is 13.8 Å². The number of aryl methyl sites for hydroxylation is 2. The normalized spacial score (nSPS) is 11.2. The molecule has 0 aliphatic carbocycles. The maximum Gasteiger partial charge on any atom is 0.237 e. The molecule has 0 radical (unpaired) electrons. The van der Waals surface area contributed by atoms with E-state index in [0.29, 0.717) is 0 Å². The highest BCUT2D eigenvalue weighted by atomic mass is 15.0. The van der Waals surface area contributed by atoms with Crippen LogP contribution in [0.4, 0.5) is 0 Å². The number of aromatic nitrogens is 3. The molecular formula is C19H16N3+. The van der Waals surface area contributed by atoms with Gasteiger partial charge in [-0.2, -0.15) is 4.57 Å². The van der Waals surface area contributed by atoms with Crippen molar-refractivity contribution < 1.29 is 4.57 Å². The van der Waals surface area contributed by atoms with Gasteiger partial charge in [0.2, 0.25) is 11.2 Å². The Balaban J connectivity index is 2.09. The first-order valence-electron chi connectivity index (χ1n) is 7.34. The van der Waals surface area contributed by atoms with Crippen molar-refractivity contribution in [3.63, 3.8) is 0 Å². The number of fused-ring (bicyclic) bond motifs is 2. The van der Waals surface area contributed by atoms with Crippen LogP contribution in [0.2, 0.25) is 0 Å². The Morgan fingerprint density at radius 3 is 2.64 bits per heavy atom. The molecule has 4 rings (SSSR count). The van der Waals surface area contributed by atoms with E-state index >= 15 is 0 Å². The number of benzene rings is 2. The second kappa shape index (κ2) is 4.88. The SMILES string of the molecule is Cc1ccc2c(c1)ncc[n+]2-c1cncc2ccc(C)cc12. The average molecular weight is 286 g/mol. The Morgan fingerprint density at radius 1 is 0.909 bits per heavy atom. The van der Waals surface area contributed by atoms with Crippen molar-refractivity contribution in [1.82, 2.24) is 9.97 Å². The summed E-state index contributed by atoms with van der Waals surface area (Å²) in [5, 5.41) is 2.35. The summed E-state index contributed by atoms with van der Waals surface area (Å²) in [4.78, 5) is 8.89. The molecule has 0 N–H and O–H groups in total. The van der Waals surface area contributed by atoms with E-state index in [9.17, 15) is 0 Å². The molecule has 0 unspecified atom stereocenters. The summed E-state index contributed by atoms with van der Waals surface area (Å²) in [6, 6.07) is 12.8. The summed E-state index contributed by atoms with van der Waals surface area (Å²) in [6.07, 6.45) is 7.67. The van der Waals surface area contributed by atoms with Gasteiger partial charge in [-0.25, -0.2) is 4.98 Å². The van der Waals surface area contributed by atoms with Crippen molar-refractivity contribution in [3.05, 3.63) is 72.3 Å². The van der Waals surface area contributed by atoms with E-state index in [1.165, 1.54) is 16.5 Å². The molecule has 2 aromatic carbocycles. The summed E-state index contributed by atoms with van der Waals surface area (Å²) in [7, 11) is 0. The maximum atomic E-state index is 4.48. The second-order valence-corrected chi connectivity index (χ2v) is 5.67. The fourth-order valence-electron chi connectivity index (χ4n) is 2.87. The average Bonchev–Trinajstić information content (AvgIpc) is 2.53. The number of hydrogen-bond acceptors (Lipinski definition) is 2. The van der Waals surface area contributed by atoms with Crippen LogP contribution >= 0.6 is 0 Å². The van der Waals surface area contributed by atoms with Crippen LogP contribution in [0.25, 0.3) is 27.5 Å². The maximum absolute atomic E-state index is 4.48. The van der Waals surface area contributed by atoms with Crippen molar-refractivity contribution in [2.75, 3.05) is 0 Å². The van der Waals surface area contributed by atoms with E-state index in [2.05, 4.69) is 64.8 Å². The molecule has 3 heteroatoms. The van der Waals surface area contributed by atoms with Crippen LogP contribution in [-0.4, -0.2) is 9.97 Å². The molecule has 0 aliphatic rings. The van der Waals surface area contributed by atoms with E-state index in [0.717, 1.165) is 22.1 Å². The highest BCUT2D eigenvalue weighted by Gasteiger charge is 2.16. The molecule has 0 saturated heterocycles. The van der Waals surface area contributed by atoms with Gasteiger partial charge < -0.3 is 0 Å². The number of rotatable bonds is 1. The van der Waals surface area contributed by atoms with Crippen LogP contribution in [0, 0.1) is 13.8 Å². The molecule has 0 saturated carbocycles. The minimum absolute atomic E-state index is 0.993.